The van der Waals surface area contributed by atoms with E-state index in [9.17, 15) is 34.2 Å². The van der Waals surface area contributed by atoms with Crippen molar-refractivity contribution < 1.29 is 44.4 Å². The summed E-state index contributed by atoms with van der Waals surface area (Å²) < 4.78 is 0. The predicted octanol–water partition coefficient (Wildman–Crippen LogP) is -2.08. The van der Waals surface area contributed by atoms with Crippen molar-refractivity contribution >= 4 is 29.7 Å². The van der Waals surface area contributed by atoms with Crippen molar-refractivity contribution in [2.75, 3.05) is 6.61 Å². The summed E-state index contributed by atoms with van der Waals surface area (Å²) >= 11 is 0. The van der Waals surface area contributed by atoms with Gasteiger partial charge in [-0.3, -0.25) is 19.2 Å². The van der Waals surface area contributed by atoms with Gasteiger partial charge in [0, 0.05) is 0 Å². The molecular formula is C21H30N4O9. The number of hydrogen-bond donors (Lipinski definition) is 8. The van der Waals surface area contributed by atoms with Crippen molar-refractivity contribution in [3.8, 4) is 5.75 Å². The Morgan fingerprint density at radius 1 is 0.882 bits per heavy atom. The third-order valence-corrected chi connectivity index (χ3v) is 4.78. The quantitative estimate of drug-likeness (QED) is 0.153. The van der Waals surface area contributed by atoms with Gasteiger partial charge in [-0.05, 0) is 30.0 Å². The maximum absolute atomic E-state index is 12.6. The number of phenols is 1. The maximum Gasteiger partial charge on any atom is 0.326 e. The van der Waals surface area contributed by atoms with Crippen LogP contribution in [0.4, 0.5) is 0 Å². The Hall–Kier alpha value is -3.71. The first-order chi connectivity index (χ1) is 15.8. The molecule has 34 heavy (non-hydrogen) atoms. The number of amides is 3. The van der Waals surface area contributed by atoms with Gasteiger partial charge in [0.15, 0.2) is 0 Å². The van der Waals surface area contributed by atoms with Gasteiger partial charge in [-0.2, -0.15) is 0 Å². The topological polar surface area (TPSA) is 228 Å². The number of aliphatic hydroxyl groups is 1. The number of phenolic OH excluding ortho intramolecular Hbond substituents is 1. The van der Waals surface area contributed by atoms with Crippen LogP contribution >= 0.6 is 0 Å². The lowest BCUT2D eigenvalue weighted by molar-refractivity contribution is -0.147. The lowest BCUT2D eigenvalue weighted by Gasteiger charge is -2.26. The highest BCUT2D eigenvalue weighted by Gasteiger charge is 2.32. The first-order valence-electron chi connectivity index (χ1n) is 10.4. The second kappa shape index (κ2) is 13.1. The zero-order valence-electron chi connectivity index (χ0n) is 18.7. The number of aliphatic hydroxyl groups excluding tert-OH is 1. The van der Waals surface area contributed by atoms with Gasteiger partial charge in [-0.15, -0.1) is 0 Å². The zero-order chi connectivity index (χ0) is 26.0. The van der Waals surface area contributed by atoms with Crippen LogP contribution in [0.5, 0.6) is 5.75 Å². The van der Waals surface area contributed by atoms with Crippen molar-refractivity contribution in [3.05, 3.63) is 29.8 Å². The number of nitrogens with one attached hydrogen (secondary N) is 3. The monoisotopic (exact) mass is 482 g/mol. The van der Waals surface area contributed by atoms with E-state index < -0.39 is 72.8 Å². The lowest BCUT2D eigenvalue weighted by atomic mass is 10.0. The van der Waals surface area contributed by atoms with E-state index in [1.807, 2.05) is 0 Å². The van der Waals surface area contributed by atoms with Crippen LogP contribution in [-0.2, 0) is 30.4 Å². The Morgan fingerprint density at radius 3 is 1.91 bits per heavy atom. The normalized spacial score (nSPS) is 14.4. The van der Waals surface area contributed by atoms with Crippen molar-refractivity contribution in [2.24, 2.45) is 11.7 Å². The Bertz CT molecular complexity index is 889. The molecule has 13 heteroatoms. The zero-order valence-corrected chi connectivity index (χ0v) is 18.7. The van der Waals surface area contributed by atoms with Gasteiger partial charge in [0.2, 0.25) is 17.7 Å². The molecule has 9 N–H and O–H groups in total. The summed E-state index contributed by atoms with van der Waals surface area (Å²) in [5.74, 6) is -6.12. The molecule has 4 atom stereocenters. The molecule has 0 fully saturated rings. The van der Waals surface area contributed by atoms with Gasteiger partial charge in [-0.25, -0.2) is 4.79 Å². The minimum atomic E-state index is -1.71. The van der Waals surface area contributed by atoms with Crippen LogP contribution in [0.15, 0.2) is 24.3 Å². The summed E-state index contributed by atoms with van der Waals surface area (Å²) in [6.07, 6.45) is -0.781. The molecule has 0 bridgehead atoms. The molecule has 188 valence electrons. The number of nitrogens with two attached hydrogens (primary N) is 1. The average molecular weight is 482 g/mol. The van der Waals surface area contributed by atoms with Gasteiger partial charge in [0.1, 0.15) is 23.9 Å². The van der Waals surface area contributed by atoms with Gasteiger partial charge in [-0.1, -0.05) is 26.0 Å². The molecule has 1 aromatic rings. The number of hydrogen-bond acceptors (Lipinski definition) is 8. The minimum absolute atomic E-state index is 0.0418. The summed E-state index contributed by atoms with van der Waals surface area (Å²) in [5, 5.41) is 43.5. The fourth-order valence-electron chi connectivity index (χ4n) is 2.88. The number of carbonyl (C=O) groups excluding carboxylic acids is 3. The van der Waals surface area contributed by atoms with E-state index in [2.05, 4.69) is 16.0 Å². The van der Waals surface area contributed by atoms with E-state index in [0.717, 1.165) is 0 Å². The third kappa shape index (κ3) is 9.03. The second-order valence-electron chi connectivity index (χ2n) is 7.95. The van der Waals surface area contributed by atoms with Crippen molar-refractivity contribution in [2.45, 2.75) is 50.9 Å². The maximum atomic E-state index is 12.6. The SMILES string of the molecule is CC(C)C(NC(=O)C(CO)NC(=O)C(N)Cc1ccc(O)cc1)C(=O)NC(CC(=O)O)C(=O)O. The summed E-state index contributed by atoms with van der Waals surface area (Å²) in [5.41, 5.74) is 6.50. The third-order valence-electron chi connectivity index (χ3n) is 4.78. The molecule has 0 saturated carbocycles. The molecule has 4 unspecified atom stereocenters. The summed E-state index contributed by atoms with van der Waals surface area (Å²) in [6.45, 7) is 2.29. The van der Waals surface area contributed by atoms with Crippen LogP contribution in [0, 0.1) is 5.92 Å². The minimum Gasteiger partial charge on any atom is -0.508 e. The molecular weight excluding hydrogens is 452 g/mol. The van der Waals surface area contributed by atoms with Crippen LogP contribution in [0.2, 0.25) is 0 Å². The summed E-state index contributed by atoms with van der Waals surface area (Å²) in [4.78, 5) is 59.5. The molecule has 0 aromatic heterocycles. The molecule has 0 saturated heterocycles. The summed E-state index contributed by atoms with van der Waals surface area (Å²) in [6, 6.07) is 0.455. The molecule has 0 spiro atoms. The number of carboxylic acids is 2. The van der Waals surface area contributed by atoms with E-state index in [-0.39, 0.29) is 12.2 Å². The molecule has 0 heterocycles. The van der Waals surface area contributed by atoms with Crippen LogP contribution in [0.3, 0.4) is 0 Å². The van der Waals surface area contributed by atoms with Crippen molar-refractivity contribution in [3.63, 3.8) is 0 Å². The van der Waals surface area contributed by atoms with E-state index in [0.29, 0.717) is 5.56 Å². The lowest BCUT2D eigenvalue weighted by Crippen LogP contribution is -2.59. The fraction of sp³-hybridized carbons (Fsp3) is 0.476. The van der Waals surface area contributed by atoms with Crippen LogP contribution < -0.4 is 21.7 Å². The average Bonchev–Trinajstić information content (AvgIpc) is 2.75. The van der Waals surface area contributed by atoms with E-state index in [1.54, 1.807) is 26.0 Å². The number of carbonyl (C=O) groups is 5. The highest BCUT2D eigenvalue weighted by molar-refractivity contribution is 5.94. The molecule has 0 aliphatic carbocycles. The number of benzene rings is 1. The van der Waals surface area contributed by atoms with E-state index >= 15 is 0 Å². The van der Waals surface area contributed by atoms with Gasteiger partial charge in [0.25, 0.3) is 0 Å². The highest BCUT2D eigenvalue weighted by atomic mass is 16.4. The van der Waals surface area contributed by atoms with Crippen molar-refractivity contribution in [1.82, 2.24) is 16.0 Å². The van der Waals surface area contributed by atoms with E-state index in [1.165, 1.54) is 12.1 Å². The van der Waals surface area contributed by atoms with Gasteiger partial charge in [0.05, 0.1) is 19.1 Å². The molecule has 0 aliphatic rings. The Kier molecular flexibility index (Phi) is 10.9. The first kappa shape index (κ1) is 28.3. The number of carboxylic acid groups (broad SMARTS) is 2. The Morgan fingerprint density at radius 2 is 1.44 bits per heavy atom. The number of aliphatic carboxylic acids is 2. The van der Waals surface area contributed by atoms with Crippen molar-refractivity contribution in [1.29, 1.82) is 0 Å². The Labute approximate surface area is 195 Å². The highest BCUT2D eigenvalue weighted by Crippen LogP contribution is 2.11. The van der Waals surface area contributed by atoms with Crippen LogP contribution in [-0.4, -0.2) is 80.9 Å². The smallest absolute Gasteiger partial charge is 0.326 e. The van der Waals surface area contributed by atoms with Gasteiger partial charge < -0.3 is 42.1 Å². The number of aromatic hydroxyl groups is 1. The fourth-order valence-corrected chi connectivity index (χ4v) is 2.88. The summed E-state index contributed by atoms with van der Waals surface area (Å²) in [7, 11) is 0. The molecule has 0 radical (unpaired) electrons. The van der Waals surface area contributed by atoms with Crippen LogP contribution in [0.25, 0.3) is 0 Å². The Balaban J connectivity index is 2.80. The largest absolute Gasteiger partial charge is 0.508 e. The molecule has 3 amide bonds. The number of rotatable bonds is 13. The molecule has 1 rings (SSSR count). The standard InChI is InChI=1S/C21H30N4O9/c1-10(2)17(20(32)23-14(21(33)34)8-16(28)29)25-19(31)15(9-26)24-18(30)13(22)7-11-3-5-12(27)6-4-11/h3-6,10,13-15,17,26-27H,7-9,22H2,1-2H3,(H,23,32)(H,24,30)(H,25,31)(H,28,29)(H,33,34). The van der Waals surface area contributed by atoms with Crippen LogP contribution in [0.1, 0.15) is 25.8 Å². The first-order valence-corrected chi connectivity index (χ1v) is 10.4. The molecule has 0 aliphatic heterocycles. The predicted molar refractivity (Wildman–Crippen MR) is 117 cm³/mol. The molecule has 13 nitrogen and oxygen atoms in total. The second-order valence-corrected chi connectivity index (χ2v) is 7.95. The molecule has 1 aromatic carbocycles. The van der Waals surface area contributed by atoms with Gasteiger partial charge >= 0.3 is 11.9 Å². The van der Waals surface area contributed by atoms with E-state index in [4.69, 9.17) is 15.9 Å².